The first-order valence-electron chi connectivity index (χ1n) is 38.8. The van der Waals surface area contributed by atoms with Gasteiger partial charge >= 0.3 is 0 Å². The predicted molar refractivity (Wildman–Crippen MR) is 471 cm³/mol. The number of hydrogen-bond acceptors (Lipinski definition) is 2. The van der Waals surface area contributed by atoms with E-state index in [1.165, 1.54) is 71.3 Å². The second-order valence-corrected chi connectivity index (χ2v) is 30.2. The minimum atomic E-state index is -0.255. The number of hydrogen-bond donors (Lipinski definition) is 0. The van der Waals surface area contributed by atoms with Crippen LogP contribution in [0.1, 0.15) is 30.9 Å². The van der Waals surface area contributed by atoms with Crippen LogP contribution >= 0.6 is 0 Å². The summed E-state index contributed by atoms with van der Waals surface area (Å²) >= 11 is 0. The zero-order valence-electron chi connectivity index (χ0n) is 62.0. The summed E-state index contributed by atoms with van der Waals surface area (Å²) in [6, 6.07) is 148. The van der Waals surface area contributed by atoms with Gasteiger partial charge in [0.25, 0.3) is 6.71 Å². The summed E-state index contributed by atoms with van der Waals surface area (Å²) in [5, 5.41) is 4.89. The molecule has 0 bridgehead atoms. The number of benzene rings is 17. The second kappa shape index (κ2) is 26.7. The highest BCUT2D eigenvalue weighted by atomic mass is 15.2. The van der Waals surface area contributed by atoms with Gasteiger partial charge in [-0.05, 0) is 204 Å². The molecule has 0 N–H and O–H groups in total. The van der Waals surface area contributed by atoms with Crippen LogP contribution in [0.5, 0.6) is 0 Å². The molecule has 4 heterocycles. The highest BCUT2D eigenvalue weighted by Gasteiger charge is 2.46. The molecule has 111 heavy (non-hydrogen) atoms. The fourth-order valence-electron chi connectivity index (χ4n) is 18.2. The molecule has 0 saturated heterocycles. The van der Waals surface area contributed by atoms with Crippen LogP contribution in [0.3, 0.4) is 0 Å². The third-order valence-corrected chi connectivity index (χ3v) is 23.3. The lowest BCUT2D eigenvalue weighted by Crippen LogP contribution is -2.61. The molecular weight excluding hydrogens is 1340 g/mol. The van der Waals surface area contributed by atoms with E-state index >= 15 is 0 Å². The fourth-order valence-corrected chi connectivity index (χ4v) is 18.2. The van der Waals surface area contributed by atoms with Gasteiger partial charge in [-0.15, -0.1) is 0 Å². The van der Waals surface area contributed by atoms with Crippen LogP contribution in [-0.2, 0) is 0 Å². The van der Waals surface area contributed by atoms with E-state index < -0.39 is 0 Å². The molecule has 2 aliphatic rings. The molecule has 21 rings (SSSR count). The minimum absolute atomic E-state index is 0.103. The standard InChI is InChI=1S/C106H75BN4/c1-69(2)83-65-102-104-103(66-83)111(106-92(74-35-14-7-15-36-74)59-70(3)60-93(106)82-44-27-42-80(64-82)78-40-25-38-76(62-78)72-31-10-5-11-32-72)101-68-85(109-98-53-22-18-47-90(98)91-48-19-23-54-99(91)109)56-58-95(101)107(104)94-57-55-84(108-96-51-20-16-45-88(96)89-46-17-21-52-97(89)108)67-100(94)110(102)105-86(73-33-12-6-13-34-73)49-28-50-87(105)81-43-26-41-79(63-81)77-39-24-37-75(61-77)71-29-8-4-9-30-71/h4-69H,1-3H3. The molecule has 522 valence electrons. The maximum atomic E-state index is 2.72. The lowest BCUT2D eigenvalue weighted by Gasteiger charge is -2.46. The Labute approximate surface area is 648 Å². The number of anilines is 6. The lowest BCUT2D eigenvalue weighted by molar-refractivity contribution is 0.866. The van der Waals surface area contributed by atoms with E-state index in [9.17, 15) is 0 Å². The van der Waals surface area contributed by atoms with Gasteiger partial charge in [-0.2, -0.15) is 0 Å². The molecule has 0 fully saturated rings. The van der Waals surface area contributed by atoms with E-state index in [-0.39, 0.29) is 12.6 Å². The molecule has 0 radical (unpaired) electrons. The average molecular weight is 1420 g/mol. The quantitative estimate of drug-likeness (QED) is 0.107. The van der Waals surface area contributed by atoms with Crippen LogP contribution in [0.15, 0.2) is 394 Å². The zero-order valence-corrected chi connectivity index (χ0v) is 62.0. The molecule has 2 aromatic heterocycles. The molecule has 0 atom stereocenters. The Bertz CT molecular complexity index is 6780. The first-order chi connectivity index (χ1) is 54.8. The summed E-state index contributed by atoms with van der Waals surface area (Å²) in [7, 11) is 0. The van der Waals surface area contributed by atoms with Crippen LogP contribution in [-0.4, -0.2) is 15.8 Å². The molecule has 0 unspecified atom stereocenters. The molecule has 0 spiro atoms. The Morgan fingerprint density at radius 3 is 0.937 bits per heavy atom. The Kier molecular flexibility index (Phi) is 15.7. The fraction of sp³-hybridized carbons (Fsp3) is 0.0377. The molecular formula is C106H75BN4. The number of nitrogens with zero attached hydrogens (tertiary/aromatic N) is 4. The number of para-hydroxylation sites is 5. The Balaban J connectivity index is 0.885. The summed E-state index contributed by atoms with van der Waals surface area (Å²) < 4.78 is 5.00. The molecule has 0 amide bonds. The summed E-state index contributed by atoms with van der Waals surface area (Å²) in [4.78, 5) is 5.44. The monoisotopic (exact) mass is 1410 g/mol. The second-order valence-electron chi connectivity index (χ2n) is 30.2. The third kappa shape index (κ3) is 11.0. The van der Waals surface area contributed by atoms with Gasteiger partial charge in [0.15, 0.2) is 0 Å². The Morgan fingerprint density at radius 2 is 0.532 bits per heavy atom. The van der Waals surface area contributed by atoms with Gasteiger partial charge in [-0.3, -0.25) is 0 Å². The zero-order chi connectivity index (χ0) is 73.8. The Hall–Kier alpha value is -14.0. The molecule has 0 saturated carbocycles. The van der Waals surface area contributed by atoms with Gasteiger partial charge in [0.05, 0.1) is 33.4 Å². The number of rotatable bonds is 13. The number of fused-ring (bicyclic) bond motifs is 10. The molecule has 17 aromatic carbocycles. The molecule has 2 aliphatic heterocycles. The SMILES string of the molecule is Cc1cc(-c2ccccc2)c(N2c3cc(-n4c5ccccc5c5ccccc54)ccc3B3c4ccc(-n5c6ccccc6c6ccccc65)cc4N(c4c(-c5ccccc5)cccc4-c4cccc(-c5cccc(-c6ccccc6)c5)c4)c4cc(C(C)C)cc2c43)c(-c2cccc(-c3cccc(-c4ccccc4)c3)c2)c1. The molecule has 19 aromatic rings. The largest absolute Gasteiger partial charge is 0.310 e. The van der Waals surface area contributed by atoms with E-state index in [1.54, 1.807) is 0 Å². The highest BCUT2D eigenvalue weighted by Crippen LogP contribution is 2.55. The third-order valence-electron chi connectivity index (χ3n) is 23.3. The summed E-state index contributed by atoms with van der Waals surface area (Å²) in [6.07, 6.45) is 0. The van der Waals surface area contributed by atoms with E-state index in [1.807, 2.05) is 0 Å². The van der Waals surface area contributed by atoms with Gasteiger partial charge in [-0.25, -0.2) is 0 Å². The van der Waals surface area contributed by atoms with Crippen molar-refractivity contribution in [1.82, 2.24) is 9.13 Å². The summed E-state index contributed by atoms with van der Waals surface area (Å²) in [5.74, 6) is 0.103. The number of aromatic nitrogens is 2. The lowest BCUT2D eigenvalue weighted by atomic mass is 9.33. The topological polar surface area (TPSA) is 16.3 Å². The van der Waals surface area contributed by atoms with Crippen LogP contribution in [0.4, 0.5) is 34.1 Å². The summed E-state index contributed by atoms with van der Waals surface area (Å²) in [6.45, 7) is 6.77. The van der Waals surface area contributed by atoms with Gasteiger partial charge < -0.3 is 18.9 Å². The van der Waals surface area contributed by atoms with Crippen molar-refractivity contribution in [3.8, 4) is 100 Å². The van der Waals surface area contributed by atoms with Crippen molar-refractivity contribution < 1.29 is 0 Å². The van der Waals surface area contributed by atoms with Gasteiger partial charge in [0.1, 0.15) is 0 Å². The van der Waals surface area contributed by atoms with Crippen LogP contribution in [0, 0.1) is 6.92 Å². The van der Waals surface area contributed by atoms with Crippen LogP contribution in [0.25, 0.3) is 144 Å². The average Bonchev–Trinajstić information content (AvgIpc) is 1.26. The van der Waals surface area contributed by atoms with Crippen molar-refractivity contribution in [2.45, 2.75) is 26.7 Å². The van der Waals surface area contributed by atoms with Crippen LogP contribution < -0.4 is 26.2 Å². The molecule has 0 aliphatic carbocycles. The van der Waals surface area contributed by atoms with Crippen molar-refractivity contribution >= 4 is 101 Å². The highest BCUT2D eigenvalue weighted by molar-refractivity contribution is 7.00. The van der Waals surface area contributed by atoms with E-state index in [0.717, 1.165) is 134 Å². The van der Waals surface area contributed by atoms with E-state index in [2.05, 4.69) is 434 Å². The number of aryl methyl sites for hydroxylation is 1. The van der Waals surface area contributed by atoms with Crippen molar-refractivity contribution in [3.05, 3.63) is 405 Å². The van der Waals surface area contributed by atoms with Gasteiger partial charge in [0, 0.05) is 77.9 Å². The normalized spacial score (nSPS) is 12.3. The maximum absolute atomic E-state index is 2.72. The van der Waals surface area contributed by atoms with Gasteiger partial charge in [-0.1, -0.05) is 311 Å². The first kappa shape index (κ1) is 65.3. The first-order valence-corrected chi connectivity index (χ1v) is 38.8. The summed E-state index contributed by atoms with van der Waals surface area (Å²) in [5.41, 5.74) is 38.1. The molecule has 5 heteroatoms. The van der Waals surface area contributed by atoms with E-state index in [0.29, 0.717) is 0 Å². The van der Waals surface area contributed by atoms with Gasteiger partial charge in [0.2, 0.25) is 0 Å². The Morgan fingerprint density at radius 1 is 0.234 bits per heavy atom. The van der Waals surface area contributed by atoms with Crippen molar-refractivity contribution in [2.75, 3.05) is 9.80 Å². The van der Waals surface area contributed by atoms with Crippen molar-refractivity contribution in [3.63, 3.8) is 0 Å². The van der Waals surface area contributed by atoms with Crippen molar-refractivity contribution in [1.29, 1.82) is 0 Å². The maximum Gasteiger partial charge on any atom is 0.252 e. The minimum Gasteiger partial charge on any atom is -0.310 e. The van der Waals surface area contributed by atoms with E-state index in [4.69, 9.17) is 0 Å². The predicted octanol–water partition coefficient (Wildman–Crippen LogP) is 26.7. The van der Waals surface area contributed by atoms with Crippen molar-refractivity contribution in [2.24, 2.45) is 0 Å². The molecule has 4 nitrogen and oxygen atoms in total. The van der Waals surface area contributed by atoms with Crippen LogP contribution in [0.2, 0.25) is 0 Å². The smallest absolute Gasteiger partial charge is 0.252 e.